The number of ether oxygens (including phenoxy) is 1. The highest BCUT2D eigenvalue weighted by Gasteiger charge is 2.56. The average molecular weight is 232 g/mol. The summed E-state index contributed by atoms with van der Waals surface area (Å²) in [5.41, 5.74) is 0. The van der Waals surface area contributed by atoms with Gasteiger partial charge in [-0.3, -0.25) is 0 Å². The SMILES string of the molecule is OCC1OC(O)C(C(F)(F)F)C(O)C1O. The van der Waals surface area contributed by atoms with Crippen molar-refractivity contribution in [3.05, 3.63) is 0 Å². The van der Waals surface area contributed by atoms with Crippen LogP contribution in [0.2, 0.25) is 0 Å². The minimum Gasteiger partial charge on any atom is -0.394 e. The molecule has 0 spiro atoms. The number of hydrogen-bond donors (Lipinski definition) is 4. The predicted octanol–water partition coefficient (Wildman–Crippen LogP) is -1.40. The lowest BCUT2D eigenvalue weighted by Crippen LogP contribution is -2.59. The van der Waals surface area contributed by atoms with Gasteiger partial charge >= 0.3 is 6.18 Å². The van der Waals surface area contributed by atoms with Gasteiger partial charge < -0.3 is 25.2 Å². The Morgan fingerprint density at radius 3 is 2.00 bits per heavy atom. The Kier molecular flexibility index (Phi) is 3.56. The highest BCUT2D eigenvalue weighted by molar-refractivity contribution is 4.91. The molecule has 0 aromatic carbocycles. The van der Waals surface area contributed by atoms with Gasteiger partial charge in [-0.05, 0) is 0 Å². The second kappa shape index (κ2) is 4.22. The first-order chi connectivity index (χ1) is 6.79. The van der Waals surface area contributed by atoms with Crippen molar-refractivity contribution in [2.24, 2.45) is 5.92 Å². The van der Waals surface area contributed by atoms with E-state index in [-0.39, 0.29) is 0 Å². The van der Waals surface area contributed by atoms with Gasteiger partial charge in [-0.25, -0.2) is 0 Å². The third-order valence-electron chi connectivity index (χ3n) is 2.28. The molecule has 90 valence electrons. The van der Waals surface area contributed by atoms with Gasteiger partial charge in [-0.15, -0.1) is 0 Å². The second-order valence-corrected chi connectivity index (χ2v) is 3.30. The van der Waals surface area contributed by atoms with Crippen molar-refractivity contribution in [3.8, 4) is 0 Å². The number of aliphatic hydroxyl groups is 4. The summed E-state index contributed by atoms with van der Waals surface area (Å²) in [6.07, 6.45) is -12.7. The number of aliphatic hydroxyl groups excluding tert-OH is 4. The van der Waals surface area contributed by atoms with E-state index in [1.807, 2.05) is 0 Å². The van der Waals surface area contributed by atoms with E-state index in [0.29, 0.717) is 0 Å². The zero-order chi connectivity index (χ0) is 11.8. The molecule has 1 aliphatic rings. The Hall–Kier alpha value is -0.410. The van der Waals surface area contributed by atoms with E-state index in [4.69, 9.17) is 20.4 Å². The molecule has 0 aromatic rings. The molecule has 15 heavy (non-hydrogen) atoms. The van der Waals surface area contributed by atoms with Crippen molar-refractivity contribution < 1.29 is 38.3 Å². The average Bonchev–Trinajstić information content (AvgIpc) is 2.09. The molecule has 0 amide bonds. The van der Waals surface area contributed by atoms with Crippen LogP contribution < -0.4 is 0 Å². The molecular weight excluding hydrogens is 221 g/mol. The van der Waals surface area contributed by atoms with Gasteiger partial charge in [0.25, 0.3) is 0 Å². The summed E-state index contributed by atoms with van der Waals surface area (Å²) in [5, 5.41) is 35.8. The lowest BCUT2D eigenvalue weighted by atomic mass is 9.90. The van der Waals surface area contributed by atoms with Crippen LogP contribution >= 0.6 is 0 Å². The van der Waals surface area contributed by atoms with Gasteiger partial charge in [0.1, 0.15) is 18.1 Å². The zero-order valence-corrected chi connectivity index (χ0v) is 7.42. The maximum atomic E-state index is 12.3. The van der Waals surface area contributed by atoms with Crippen LogP contribution in [0.15, 0.2) is 0 Å². The van der Waals surface area contributed by atoms with E-state index in [2.05, 4.69) is 4.74 Å². The van der Waals surface area contributed by atoms with E-state index in [0.717, 1.165) is 0 Å². The van der Waals surface area contributed by atoms with Gasteiger partial charge in [0.05, 0.1) is 12.7 Å². The summed E-state index contributed by atoms with van der Waals surface area (Å²) < 4.78 is 41.2. The van der Waals surface area contributed by atoms with E-state index < -0.39 is 43.3 Å². The van der Waals surface area contributed by atoms with Crippen LogP contribution in [0.5, 0.6) is 0 Å². The number of alkyl halides is 3. The zero-order valence-electron chi connectivity index (χ0n) is 7.42. The molecule has 1 saturated heterocycles. The molecule has 4 N–H and O–H groups in total. The van der Waals surface area contributed by atoms with E-state index in [9.17, 15) is 13.2 Å². The molecule has 5 unspecified atom stereocenters. The Labute approximate surface area is 82.7 Å². The number of rotatable bonds is 1. The highest BCUT2D eigenvalue weighted by Crippen LogP contribution is 2.37. The van der Waals surface area contributed by atoms with Crippen LogP contribution in [0.3, 0.4) is 0 Å². The van der Waals surface area contributed by atoms with Crippen LogP contribution in [0.1, 0.15) is 0 Å². The van der Waals surface area contributed by atoms with Crippen molar-refractivity contribution in [1.82, 2.24) is 0 Å². The molecule has 5 nitrogen and oxygen atoms in total. The van der Waals surface area contributed by atoms with E-state index in [1.54, 1.807) is 0 Å². The van der Waals surface area contributed by atoms with Crippen LogP contribution in [0, 0.1) is 5.92 Å². The largest absolute Gasteiger partial charge is 0.399 e. The second-order valence-electron chi connectivity index (χ2n) is 3.30. The first-order valence-electron chi connectivity index (χ1n) is 4.16. The van der Waals surface area contributed by atoms with Crippen molar-refractivity contribution >= 4 is 0 Å². The smallest absolute Gasteiger partial charge is 0.394 e. The molecule has 0 radical (unpaired) electrons. The van der Waals surface area contributed by atoms with Crippen molar-refractivity contribution in [1.29, 1.82) is 0 Å². The first kappa shape index (κ1) is 12.7. The molecule has 8 heteroatoms. The van der Waals surface area contributed by atoms with Gasteiger partial charge in [0.2, 0.25) is 0 Å². The van der Waals surface area contributed by atoms with Crippen LogP contribution in [0.25, 0.3) is 0 Å². The summed E-state index contributed by atoms with van der Waals surface area (Å²) in [4.78, 5) is 0. The quantitative estimate of drug-likeness (QED) is 0.446. The molecule has 0 aliphatic carbocycles. The molecular formula is C7H11F3O5. The molecule has 1 fully saturated rings. The fourth-order valence-corrected chi connectivity index (χ4v) is 1.45. The minimum absolute atomic E-state index is 0.792. The van der Waals surface area contributed by atoms with Gasteiger partial charge in [-0.2, -0.15) is 13.2 Å². The normalized spacial score (nSPS) is 43.0. The molecule has 1 heterocycles. The van der Waals surface area contributed by atoms with E-state index in [1.165, 1.54) is 0 Å². The van der Waals surface area contributed by atoms with Gasteiger partial charge in [0, 0.05) is 0 Å². The van der Waals surface area contributed by atoms with Crippen LogP contribution in [-0.2, 0) is 4.74 Å². The third-order valence-corrected chi connectivity index (χ3v) is 2.28. The minimum atomic E-state index is -4.89. The maximum absolute atomic E-state index is 12.3. The fourth-order valence-electron chi connectivity index (χ4n) is 1.45. The summed E-state index contributed by atoms with van der Waals surface area (Å²) in [6.45, 7) is -0.792. The van der Waals surface area contributed by atoms with Crippen molar-refractivity contribution in [3.63, 3.8) is 0 Å². The van der Waals surface area contributed by atoms with Crippen molar-refractivity contribution in [2.75, 3.05) is 6.61 Å². The summed E-state index contributed by atoms with van der Waals surface area (Å²) >= 11 is 0. The molecule has 1 aliphatic heterocycles. The Balaban J connectivity index is 2.84. The highest BCUT2D eigenvalue weighted by atomic mass is 19.4. The standard InChI is InChI=1S/C7H11F3O5/c8-7(9,10)3-5(13)4(12)2(1-11)15-6(3)14/h2-6,11-14H,1H2. The summed E-state index contributed by atoms with van der Waals surface area (Å²) in [6, 6.07) is 0. The first-order valence-corrected chi connectivity index (χ1v) is 4.16. The van der Waals surface area contributed by atoms with Gasteiger partial charge in [-0.1, -0.05) is 0 Å². The molecule has 1 rings (SSSR count). The Bertz CT molecular complexity index is 221. The van der Waals surface area contributed by atoms with Gasteiger partial charge in [0.15, 0.2) is 6.29 Å². The topological polar surface area (TPSA) is 90.2 Å². The lowest BCUT2D eigenvalue weighted by molar-refractivity contribution is -0.334. The van der Waals surface area contributed by atoms with Crippen molar-refractivity contribution in [2.45, 2.75) is 30.8 Å². The Morgan fingerprint density at radius 1 is 1.07 bits per heavy atom. The number of halogens is 3. The molecule has 0 bridgehead atoms. The van der Waals surface area contributed by atoms with Crippen LogP contribution in [0.4, 0.5) is 13.2 Å². The monoisotopic (exact) mass is 232 g/mol. The summed E-state index contributed by atoms with van der Waals surface area (Å²) in [5.74, 6) is -2.57. The molecule has 0 aromatic heterocycles. The lowest BCUT2D eigenvalue weighted by Gasteiger charge is -2.40. The third kappa shape index (κ3) is 2.40. The maximum Gasteiger partial charge on any atom is 0.399 e. The Morgan fingerprint density at radius 2 is 1.60 bits per heavy atom. The molecule has 0 saturated carbocycles. The van der Waals surface area contributed by atoms with E-state index >= 15 is 0 Å². The summed E-state index contributed by atoms with van der Waals surface area (Å²) in [7, 11) is 0. The number of hydrogen-bond acceptors (Lipinski definition) is 5. The molecule has 5 atom stereocenters. The van der Waals surface area contributed by atoms with Crippen LogP contribution in [-0.4, -0.2) is 57.8 Å². The predicted molar refractivity (Wildman–Crippen MR) is 39.5 cm³/mol. The fraction of sp³-hybridized carbons (Fsp3) is 1.00.